The van der Waals surface area contributed by atoms with Crippen LogP contribution in [0, 0.1) is 5.92 Å². The van der Waals surface area contributed by atoms with Crippen LogP contribution >= 0.6 is 0 Å². The molecule has 0 amide bonds. The van der Waals surface area contributed by atoms with Crippen molar-refractivity contribution in [2.24, 2.45) is 5.92 Å². The normalized spacial score (nSPS) is 13.4. The summed E-state index contributed by atoms with van der Waals surface area (Å²) < 4.78 is 4.85. The number of hydrogen-bond acceptors (Lipinski definition) is 4. The molecule has 1 rings (SSSR count). The minimum atomic E-state index is -0.955. The average molecular weight is 262 g/mol. The van der Waals surface area contributed by atoms with Gasteiger partial charge in [-0.3, -0.25) is 0 Å². The van der Waals surface area contributed by atoms with Crippen molar-refractivity contribution in [2.75, 3.05) is 6.61 Å². The lowest BCUT2D eigenvalue weighted by atomic mass is 9.87. The number of rotatable bonds is 7. The fourth-order valence-electron chi connectivity index (χ4n) is 1.82. The summed E-state index contributed by atoms with van der Waals surface area (Å²) in [4.78, 5) is 22.4. The molecular formula is C15H18O4. The van der Waals surface area contributed by atoms with Crippen LogP contribution in [0.2, 0.25) is 0 Å². The Hall–Kier alpha value is -1.94. The Morgan fingerprint density at radius 2 is 2.05 bits per heavy atom. The smallest absolute Gasteiger partial charge is 0.333 e. The second-order valence-electron chi connectivity index (χ2n) is 4.11. The number of ether oxygens (including phenoxy) is 1. The topological polar surface area (TPSA) is 63.6 Å². The van der Waals surface area contributed by atoms with E-state index in [9.17, 15) is 14.7 Å². The Morgan fingerprint density at radius 3 is 2.58 bits per heavy atom. The van der Waals surface area contributed by atoms with Crippen LogP contribution in [0.4, 0.5) is 0 Å². The highest BCUT2D eigenvalue weighted by Gasteiger charge is 2.27. The number of carbonyl (C=O) groups excluding carboxylic acids is 2. The maximum atomic E-state index is 11.6. The number of benzene rings is 1. The fourth-order valence-corrected chi connectivity index (χ4v) is 1.82. The first-order chi connectivity index (χ1) is 9.11. The third-order valence-corrected chi connectivity index (χ3v) is 2.86. The van der Waals surface area contributed by atoms with E-state index in [4.69, 9.17) is 4.74 Å². The first-order valence-corrected chi connectivity index (χ1v) is 6.14. The summed E-state index contributed by atoms with van der Waals surface area (Å²) in [7, 11) is 0. The van der Waals surface area contributed by atoms with Crippen LogP contribution in [-0.4, -0.2) is 24.0 Å². The summed E-state index contributed by atoms with van der Waals surface area (Å²) in [6.07, 6.45) is -0.266. The summed E-state index contributed by atoms with van der Waals surface area (Å²) >= 11 is 0. The molecule has 0 saturated carbocycles. The van der Waals surface area contributed by atoms with Gasteiger partial charge in [0.15, 0.2) is 0 Å². The molecular weight excluding hydrogens is 244 g/mol. The van der Waals surface area contributed by atoms with Gasteiger partial charge in [-0.15, -0.1) is 0 Å². The van der Waals surface area contributed by atoms with E-state index in [0.717, 1.165) is 0 Å². The molecule has 0 aliphatic rings. The van der Waals surface area contributed by atoms with Crippen LogP contribution in [0.15, 0.2) is 42.5 Å². The molecule has 19 heavy (non-hydrogen) atoms. The lowest BCUT2D eigenvalue weighted by molar-refractivity contribution is -0.139. The second kappa shape index (κ2) is 7.48. The highest BCUT2D eigenvalue weighted by molar-refractivity contribution is 5.88. The van der Waals surface area contributed by atoms with Gasteiger partial charge in [0, 0.05) is 17.9 Å². The Balaban J connectivity index is 2.91. The molecule has 1 aromatic carbocycles. The van der Waals surface area contributed by atoms with Crippen LogP contribution in [0.1, 0.15) is 25.0 Å². The van der Waals surface area contributed by atoms with E-state index < -0.39 is 18.0 Å². The van der Waals surface area contributed by atoms with Crippen molar-refractivity contribution in [2.45, 2.75) is 19.4 Å². The predicted octanol–water partition coefficient (Wildman–Crippen LogP) is 2.04. The molecule has 2 atom stereocenters. The van der Waals surface area contributed by atoms with Gasteiger partial charge in [0.05, 0.1) is 12.7 Å². The molecule has 4 nitrogen and oxygen atoms in total. The molecule has 0 aliphatic carbocycles. The van der Waals surface area contributed by atoms with Crippen molar-refractivity contribution in [1.82, 2.24) is 0 Å². The fraction of sp³-hybridized carbons (Fsp3) is 0.333. The molecule has 0 aliphatic heterocycles. The Morgan fingerprint density at radius 1 is 1.42 bits per heavy atom. The third kappa shape index (κ3) is 4.03. The van der Waals surface area contributed by atoms with E-state index in [-0.39, 0.29) is 18.6 Å². The summed E-state index contributed by atoms with van der Waals surface area (Å²) in [5.41, 5.74) is 0.755. The molecule has 0 aromatic heterocycles. The van der Waals surface area contributed by atoms with Gasteiger partial charge in [0.1, 0.15) is 6.29 Å². The maximum Gasteiger partial charge on any atom is 0.333 e. The zero-order chi connectivity index (χ0) is 14.3. The number of aliphatic hydroxyl groups excluding tert-OH is 1. The van der Waals surface area contributed by atoms with Gasteiger partial charge < -0.3 is 14.6 Å². The molecule has 0 unspecified atom stereocenters. The van der Waals surface area contributed by atoms with E-state index in [0.29, 0.717) is 11.8 Å². The van der Waals surface area contributed by atoms with Crippen molar-refractivity contribution < 1.29 is 19.4 Å². The molecule has 0 saturated heterocycles. The SMILES string of the molecule is C=C(C(=O)OCC)[C@H](CC=O)[C@H](O)c1ccccc1. The molecule has 0 fully saturated rings. The van der Waals surface area contributed by atoms with Crippen molar-refractivity contribution >= 4 is 12.3 Å². The van der Waals surface area contributed by atoms with E-state index in [1.807, 2.05) is 6.07 Å². The Bertz CT molecular complexity index is 439. The first kappa shape index (κ1) is 15.1. The zero-order valence-corrected chi connectivity index (χ0v) is 10.9. The Labute approximate surface area is 112 Å². The van der Waals surface area contributed by atoms with Crippen molar-refractivity contribution in [1.29, 1.82) is 0 Å². The number of carbonyl (C=O) groups is 2. The number of esters is 1. The molecule has 0 heterocycles. The highest BCUT2D eigenvalue weighted by atomic mass is 16.5. The van der Waals surface area contributed by atoms with Crippen LogP contribution in [0.3, 0.4) is 0 Å². The largest absolute Gasteiger partial charge is 0.463 e. The summed E-state index contributed by atoms with van der Waals surface area (Å²) in [5.74, 6) is -1.25. The minimum absolute atomic E-state index is 0.0215. The third-order valence-electron chi connectivity index (χ3n) is 2.86. The molecule has 0 bridgehead atoms. The van der Waals surface area contributed by atoms with Gasteiger partial charge in [-0.05, 0) is 12.5 Å². The average Bonchev–Trinajstić information content (AvgIpc) is 2.44. The molecule has 0 spiro atoms. The predicted molar refractivity (Wildman–Crippen MR) is 71.3 cm³/mol. The quantitative estimate of drug-likeness (QED) is 0.464. The van der Waals surface area contributed by atoms with Crippen LogP contribution < -0.4 is 0 Å². The highest BCUT2D eigenvalue weighted by Crippen LogP contribution is 2.29. The van der Waals surface area contributed by atoms with Crippen LogP contribution in [-0.2, 0) is 14.3 Å². The molecule has 102 valence electrons. The lowest BCUT2D eigenvalue weighted by Crippen LogP contribution is -2.22. The Kier molecular flexibility index (Phi) is 5.96. The summed E-state index contributed by atoms with van der Waals surface area (Å²) in [6.45, 7) is 5.56. The standard InChI is InChI=1S/C15H18O4/c1-3-19-15(18)11(2)13(9-10-16)14(17)12-7-5-4-6-8-12/h4-8,10,13-14,17H,2-3,9H2,1H3/t13-,14+/m0/s1. The van der Waals surface area contributed by atoms with E-state index in [1.54, 1.807) is 31.2 Å². The summed E-state index contributed by atoms with van der Waals surface area (Å²) in [6, 6.07) is 8.86. The van der Waals surface area contributed by atoms with Crippen molar-refractivity contribution in [3.05, 3.63) is 48.0 Å². The van der Waals surface area contributed by atoms with E-state index in [2.05, 4.69) is 6.58 Å². The number of aliphatic hydroxyl groups is 1. The molecule has 1 aromatic rings. The van der Waals surface area contributed by atoms with E-state index in [1.165, 1.54) is 0 Å². The van der Waals surface area contributed by atoms with Gasteiger partial charge in [0.25, 0.3) is 0 Å². The van der Waals surface area contributed by atoms with Crippen LogP contribution in [0.5, 0.6) is 0 Å². The van der Waals surface area contributed by atoms with E-state index >= 15 is 0 Å². The van der Waals surface area contributed by atoms with Gasteiger partial charge >= 0.3 is 5.97 Å². The minimum Gasteiger partial charge on any atom is -0.463 e. The zero-order valence-electron chi connectivity index (χ0n) is 10.9. The molecule has 1 N–H and O–H groups in total. The van der Waals surface area contributed by atoms with Crippen molar-refractivity contribution in [3.8, 4) is 0 Å². The maximum absolute atomic E-state index is 11.6. The van der Waals surface area contributed by atoms with Crippen LogP contribution in [0.25, 0.3) is 0 Å². The molecule has 4 heteroatoms. The number of aldehydes is 1. The van der Waals surface area contributed by atoms with Gasteiger partial charge in [-0.2, -0.15) is 0 Å². The second-order valence-corrected chi connectivity index (χ2v) is 4.11. The monoisotopic (exact) mass is 262 g/mol. The van der Waals surface area contributed by atoms with Gasteiger partial charge in [0.2, 0.25) is 0 Å². The summed E-state index contributed by atoms with van der Waals surface area (Å²) in [5, 5.41) is 10.3. The van der Waals surface area contributed by atoms with Crippen molar-refractivity contribution in [3.63, 3.8) is 0 Å². The first-order valence-electron chi connectivity index (χ1n) is 6.14. The number of hydrogen-bond donors (Lipinski definition) is 1. The lowest BCUT2D eigenvalue weighted by Gasteiger charge is -2.22. The van der Waals surface area contributed by atoms with Gasteiger partial charge in [-0.1, -0.05) is 36.9 Å². The molecule has 0 radical (unpaired) electrons. The van der Waals surface area contributed by atoms with Gasteiger partial charge in [-0.25, -0.2) is 4.79 Å².